The molecule has 0 saturated carbocycles. The second-order valence-corrected chi connectivity index (χ2v) is 8.39. The van der Waals surface area contributed by atoms with Gasteiger partial charge in [-0.3, -0.25) is 19.7 Å². The fourth-order valence-corrected chi connectivity index (χ4v) is 4.32. The first-order valence-electron chi connectivity index (χ1n) is 10.6. The molecule has 1 saturated heterocycles. The Balaban J connectivity index is 1.35. The van der Waals surface area contributed by atoms with Crippen LogP contribution in [0, 0.1) is 0 Å². The number of fused-ring (bicyclic) bond motifs is 1. The third kappa shape index (κ3) is 4.99. The molecule has 1 atom stereocenters. The van der Waals surface area contributed by atoms with Crippen LogP contribution in [0.15, 0.2) is 36.4 Å². The van der Waals surface area contributed by atoms with Crippen molar-refractivity contribution in [1.29, 1.82) is 0 Å². The lowest BCUT2D eigenvalue weighted by Crippen LogP contribution is -2.52. The Bertz CT molecular complexity index is 1140. The molecule has 0 aliphatic carbocycles. The van der Waals surface area contributed by atoms with E-state index in [1.54, 1.807) is 30.3 Å². The van der Waals surface area contributed by atoms with Crippen LogP contribution in [-0.4, -0.2) is 46.4 Å². The highest BCUT2D eigenvalue weighted by molar-refractivity contribution is 6.31. The van der Waals surface area contributed by atoms with E-state index in [-0.39, 0.29) is 37.9 Å². The number of amides is 5. The number of hydrogen-bond donors (Lipinski definition) is 4. The molecular weight excluding hydrogens is 448 g/mol. The summed E-state index contributed by atoms with van der Waals surface area (Å²) in [5.74, 6) is -1.01. The number of anilines is 1. The highest BCUT2D eigenvalue weighted by Crippen LogP contribution is 2.28. The van der Waals surface area contributed by atoms with Gasteiger partial charge in [0.15, 0.2) is 0 Å². The minimum atomic E-state index is -0.662. The lowest BCUT2D eigenvalue weighted by Gasteiger charge is -2.29. The number of carbonyl (C=O) groups is 4. The van der Waals surface area contributed by atoms with Crippen molar-refractivity contribution in [3.05, 3.63) is 63.7 Å². The van der Waals surface area contributed by atoms with Gasteiger partial charge in [-0.25, -0.2) is 4.79 Å². The second-order valence-electron chi connectivity index (χ2n) is 7.98. The minimum absolute atomic E-state index is 0.00928. The van der Waals surface area contributed by atoms with E-state index in [9.17, 15) is 19.2 Å². The van der Waals surface area contributed by atoms with E-state index in [2.05, 4.69) is 16.0 Å². The number of nitrogens with zero attached hydrogens (tertiary/aromatic N) is 1. The van der Waals surface area contributed by atoms with E-state index in [4.69, 9.17) is 16.7 Å². The quantitative estimate of drug-likeness (QED) is 0.480. The van der Waals surface area contributed by atoms with E-state index in [0.717, 1.165) is 16.7 Å². The summed E-state index contributed by atoms with van der Waals surface area (Å²) in [6, 6.07) is 9.29. The van der Waals surface area contributed by atoms with Gasteiger partial charge < -0.3 is 20.6 Å². The average Bonchev–Trinajstić information content (AvgIpc) is 3.10. The lowest BCUT2D eigenvalue weighted by molar-refractivity contribution is -0.136. The number of aliphatic hydroxyl groups excluding tert-OH is 1. The second kappa shape index (κ2) is 9.60. The predicted molar refractivity (Wildman–Crippen MR) is 121 cm³/mol. The van der Waals surface area contributed by atoms with Gasteiger partial charge in [0.25, 0.3) is 5.91 Å². The van der Waals surface area contributed by atoms with E-state index in [0.29, 0.717) is 29.1 Å². The van der Waals surface area contributed by atoms with Gasteiger partial charge in [-0.05, 0) is 47.7 Å². The monoisotopic (exact) mass is 470 g/mol. The largest absolute Gasteiger partial charge is 0.396 e. The van der Waals surface area contributed by atoms with Gasteiger partial charge in [0, 0.05) is 42.4 Å². The SMILES string of the molecule is O=C1CCC(N2Cc3cc(CNC(=O)Nc4ccc(CCO)c(Cl)c4)ccc3C2=O)C(=O)N1. The van der Waals surface area contributed by atoms with Crippen LogP contribution in [0.5, 0.6) is 0 Å². The van der Waals surface area contributed by atoms with Crippen molar-refractivity contribution in [1.82, 2.24) is 15.5 Å². The third-order valence-corrected chi connectivity index (χ3v) is 6.08. The van der Waals surface area contributed by atoms with Gasteiger partial charge in [-0.2, -0.15) is 0 Å². The first kappa shape index (κ1) is 22.8. The molecule has 5 amide bonds. The number of nitrogens with one attached hydrogen (secondary N) is 3. The number of imide groups is 1. The molecule has 172 valence electrons. The van der Waals surface area contributed by atoms with Crippen LogP contribution in [-0.2, 0) is 29.1 Å². The highest BCUT2D eigenvalue weighted by Gasteiger charge is 2.39. The van der Waals surface area contributed by atoms with Crippen LogP contribution in [0.25, 0.3) is 0 Å². The molecule has 1 fully saturated rings. The number of hydrogen-bond acceptors (Lipinski definition) is 5. The maximum atomic E-state index is 12.8. The highest BCUT2D eigenvalue weighted by atomic mass is 35.5. The number of piperidine rings is 1. The Morgan fingerprint density at radius 3 is 2.73 bits per heavy atom. The fourth-order valence-electron chi connectivity index (χ4n) is 4.04. The van der Waals surface area contributed by atoms with Gasteiger partial charge in [-0.1, -0.05) is 29.8 Å². The standard InChI is InChI=1S/C23H23ClN4O5/c24-18-10-16(3-2-14(18)7-8-29)26-23(33)25-11-13-1-4-17-15(9-13)12-28(22(17)32)19-5-6-20(30)27-21(19)31/h1-4,9-10,19,29H,5-8,11-12H2,(H2,25,26,33)(H,27,30,31). The number of carbonyl (C=O) groups excluding carboxylic acids is 4. The van der Waals surface area contributed by atoms with E-state index in [1.165, 1.54) is 4.90 Å². The molecule has 0 radical (unpaired) electrons. The van der Waals surface area contributed by atoms with Gasteiger partial charge in [0.2, 0.25) is 11.8 Å². The molecule has 1 unspecified atom stereocenters. The first-order valence-corrected chi connectivity index (χ1v) is 10.9. The summed E-state index contributed by atoms with van der Waals surface area (Å²) in [7, 11) is 0. The zero-order valence-electron chi connectivity index (χ0n) is 17.7. The molecule has 0 spiro atoms. The van der Waals surface area contributed by atoms with E-state index in [1.807, 2.05) is 6.07 Å². The molecule has 2 aromatic carbocycles. The summed E-state index contributed by atoms with van der Waals surface area (Å²) in [5, 5.41) is 17.2. The van der Waals surface area contributed by atoms with Crippen molar-refractivity contribution in [2.24, 2.45) is 0 Å². The van der Waals surface area contributed by atoms with Gasteiger partial charge in [-0.15, -0.1) is 0 Å². The topological polar surface area (TPSA) is 128 Å². The Morgan fingerprint density at radius 2 is 2.00 bits per heavy atom. The first-order chi connectivity index (χ1) is 15.9. The van der Waals surface area contributed by atoms with Crippen molar-refractivity contribution < 1.29 is 24.3 Å². The van der Waals surface area contributed by atoms with Crippen molar-refractivity contribution in [2.75, 3.05) is 11.9 Å². The molecule has 10 heteroatoms. The molecule has 4 rings (SSSR count). The Labute approximate surface area is 195 Å². The zero-order chi connectivity index (χ0) is 23.5. The predicted octanol–water partition coefficient (Wildman–Crippen LogP) is 1.96. The van der Waals surface area contributed by atoms with Crippen molar-refractivity contribution in [3.63, 3.8) is 0 Å². The number of benzene rings is 2. The summed E-state index contributed by atoms with van der Waals surface area (Å²) < 4.78 is 0. The van der Waals surface area contributed by atoms with Crippen LogP contribution < -0.4 is 16.0 Å². The average molecular weight is 471 g/mol. The molecule has 2 aliphatic rings. The molecule has 9 nitrogen and oxygen atoms in total. The van der Waals surface area contributed by atoms with Crippen LogP contribution in [0.1, 0.15) is 39.9 Å². The summed E-state index contributed by atoms with van der Waals surface area (Å²) in [5.41, 5.74) is 3.42. The van der Waals surface area contributed by atoms with Crippen molar-refractivity contribution in [3.8, 4) is 0 Å². The van der Waals surface area contributed by atoms with E-state index < -0.39 is 18.0 Å². The van der Waals surface area contributed by atoms with Gasteiger partial charge >= 0.3 is 6.03 Å². The van der Waals surface area contributed by atoms with Crippen LogP contribution in [0.2, 0.25) is 5.02 Å². The minimum Gasteiger partial charge on any atom is -0.396 e. The van der Waals surface area contributed by atoms with Crippen LogP contribution >= 0.6 is 11.6 Å². The third-order valence-electron chi connectivity index (χ3n) is 5.73. The fraction of sp³-hybridized carbons (Fsp3) is 0.304. The van der Waals surface area contributed by atoms with E-state index >= 15 is 0 Å². The molecule has 0 aromatic heterocycles. The maximum Gasteiger partial charge on any atom is 0.319 e. The van der Waals surface area contributed by atoms with Gasteiger partial charge in [0.05, 0.1) is 0 Å². The number of rotatable bonds is 6. The number of aliphatic hydroxyl groups is 1. The van der Waals surface area contributed by atoms with Gasteiger partial charge in [0.1, 0.15) is 6.04 Å². The molecule has 2 aliphatic heterocycles. The lowest BCUT2D eigenvalue weighted by atomic mass is 10.0. The normalized spacial score (nSPS) is 17.6. The smallest absolute Gasteiger partial charge is 0.319 e. The van der Waals surface area contributed by atoms with Crippen LogP contribution in [0.3, 0.4) is 0 Å². The molecular formula is C23H23ClN4O5. The van der Waals surface area contributed by atoms with Crippen molar-refractivity contribution in [2.45, 2.75) is 38.4 Å². The Morgan fingerprint density at radius 1 is 1.18 bits per heavy atom. The summed E-state index contributed by atoms with van der Waals surface area (Å²) in [4.78, 5) is 50.1. The van der Waals surface area contributed by atoms with Crippen molar-refractivity contribution >= 4 is 41.0 Å². The Hall–Kier alpha value is -3.43. The Kier molecular flexibility index (Phi) is 6.62. The number of halogens is 1. The molecule has 2 heterocycles. The van der Waals surface area contributed by atoms with Crippen LogP contribution in [0.4, 0.5) is 10.5 Å². The zero-order valence-corrected chi connectivity index (χ0v) is 18.4. The number of urea groups is 1. The summed E-state index contributed by atoms with van der Waals surface area (Å²) in [6.45, 7) is 0.506. The molecule has 0 bridgehead atoms. The molecule has 2 aromatic rings. The summed E-state index contributed by atoms with van der Waals surface area (Å²) in [6.07, 6.45) is 0.952. The maximum absolute atomic E-state index is 12.8. The summed E-state index contributed by atoms with van der Waals surface area (Å²) >= 11 is 6.16. The molecule has 4 N–H and O–H groups in total. The molecule has 33 heavy (non-hydrogen) atoms.